The molecular weight excluding hydrogens is 208 g/mol. The lowest BCUT2D eigenvalue weighted by molar-refractivity contribution is 0.0353. The van der Waals surface area contributed by atoms with Crippen molar-refractivity contribution in [1.82, 2.24) is 9.80 Å². The van der Waals surface area contributed by atoms with Crippen molar-refractivity contribution in [2.45, 2.75) is 59.5 Å². The molecule has 0 aromatic rings. The zero-order valence-corrected chi connectivity index (χ0v) is 12.4. The highest BCUT2D eigenvalue weighted by Crippen LogP contribution is 2.30. The van der Waals surface area contributed by atoms with Gasteiger partial charge in [0.2, 0.25) is 0 Å². The number of nitrogens with zero attached hydrogens (tertiary/aromatic N) is 2. The SMILES string of the molecule is CC1CN2CCCC2CN1CC(C)C(C)(C)C. The van der Waals surface area contributed by atoms with Gasteiger partial charge in [0.05, 0.1) is 0 Å². The normalized spacial score (nSPS) is 33.7. The maximum Gasteiger partial charge on any atom is 0.0224 e. The molecule has 2 fully saturated rings. The van der Waals surface area contributed by atoms with Gasteiger partial charge in [-0.25, -0.2) is 0 Å². The predicted molar refractivity (Wildman–Crippen MR) is 74.2 cm³/mol. The quantitative estimate of drug-likeness (QED) is 0.730. The second-order valence-corrected chi connectivity index (χ2v) is 7.36. The molecule has 0 aromatic carbocycles. The van der Waals surface area contributed by atoms with Crippen molar-refractivity contribution in [1.29, 1.82) is 0 Å². The first-order chi connectivity index (χ1) is 7.88. The summed E-state index contributed by atoms with van der Waals surface area (Å²) < 4.78 is 0. The molecule has 3 atom stereocenters. The van der Waals surface area contributed by atoms with Gasteiger partial charge < -0.3 is 0 Å². The molecular formula is C15H30N2. The average Bonchev–Trinajstić information content (AvgIpc) is 2.63. The minimum Gasteiger partial charge on any atom is -0.298 e. The molecule has 3 unspecified atom stereocenters. The Morgan fingerprint density at radius 2 is 1.94 bits per heavy atom. The molecule has 2 nitrogen and oxygen atoms in total. The van der Waals surface area contributed by atoms with E-state index in [1.165, 1.54) is 39.0 Å². The molecule has 0 amide bonds. The average molecular weight is 238 g/mol. The van der Waals surface area contributed by atoms with E-state index in [0.717, 1.165) is 18.0 Å². The minimum absolute atomic E-state index is 0.437. The molecule has 2 aliphatic rings. The van der Waals surface area contributed by atoms with Gasteiger partial charge in [-0.15, -0.1) is 0 Å². The summed E-state index contributed by atoms with van der Waals surface area (Å²) >= 11 is 0. The third kappa shape index (κ3) is 3.03. The van der Waals surface area contributed by atoms with Crippen molar-refractivity contribution in [2.75, 3.05) is 26.2 Å². The van der Waals surface area contributed by atoms with Crippen molar-refractivity contribution >= 4 is 0 Å². The molecule has 2 heteroatoms. The number of hydrogen-bond donors (Lipinski definition) is 0. The second-order valence-electron chi connectivity index (χ2n) is 7.36. The first-order valence-electron chi connectivity index (χ1n) is 7.36. The lowest BCUT2D eigenvalue weighted by Crippen LogP contribution is -2.56. The molecule has 0 saturated carbocycles. The third-order valence-corrected chi connectivity index (χ3v) is 5.05. The second kappa shape index (κ2) is 4.89. The summed E-state index contributed by atoms with van der Waals surface area (Å²) in [6.45, 7) is 17.1. The highest BCUT2D eigenvalue weighted by atomic mass is 15.3. The fraction of sp³-hybridized carbons (Fsp3) is 1.00. The van der Waals surface area contributed by atoms with Crippen LogP contribution in [-0.4, -0.2) is 48.1 Å². The van der Waals surface area contributed by atoms with E-state index < -0.39 is 0 Å². The zero-order valence-electron chi connectivity index (χ0n) is 12.4. The van der Waals surface area contributed by atoms with Gasteiger partial charge in [0, 0.05) is 31.7 Å². The molecule has 2 rings (SSSR count). The van der Waals surface area contributed by atoms with Crippen LogP contribution in [0.4, 0.5) is 0 Å². The first-order valence-corrected chi connectivity index (χ1v) is 7.36. The molecule has 0 bridgehead atoms. The van der Waals surface area contributed by atoms with Gasteiger partial charge in [-0.2, -0.15) is 0 Å². The molecule has 2 saturated heterocycles. The van der Waals surface area contributed by atoms with Gasteiger partial charge in [-0.1, -0.05) is 27.7 Å². The number of fused-ring (bicyclic) bond motifs is 1. The highest BCUT2D eigenvalue weighted by molar-refractivity contribution is 4.91. The van der Waals surface area contributed by atoms with Gasteiger partial charge >= 0.3 is 0 Å². The van der Waals surface area contributed by atoms with Gasteiger partial charge in [0.25, 0.3) is 0 Å². The number of piperazine rings is 1. The summed E-state index contributed by atoms with van der Waals surface area (Å²) in [4.78, 5) is 5.45. The van der Waals surface area contributed by atoms with Crippen molar-refractivity contribution in [3.63, 3.8) is 0 Å². The summed E-state index contributed by atoms with van der Waals surface area (Å²) in [5.74, 6) is 0.776. The summed E-state index contributed by atoms with van der Waals surface area (Å²) in [5, 5.41) is 0. The minimum atomic E-state index is 0.437. The summed E-state index contributed by atoms with van der Waals surface area (Å²) in [6.07, 6.45) is 2.84. The Morgan fingerprint density at radius 1 is 1.24 bits per heavy atom. The smallest absolute Gasteiger partial charge is 0.0224 e. The van der Waals surface area contributed by atoms with Crippen LogP contribution in [-0.2, 0) is 0 Å². The van der Waals surface area contributed by atoms with Crippen LogP contribution in [0.5, 0.6) is 0 Å². The number of hydrogen-bond acceptors (Lipinski definition) is 2. The van der Waals surface area contributed by atoms with Crippen LogP contribution < -0.4 is 0 Å². The van der Waals surface area contributed by atoms with E-state index in [0.29, 0.717) is 5.41 Å². The van der Waals surface area contributed by atoms with E-state index in [1.807, 2.05) is 0 Å². The molecule has 0 aromatic heterocycles. The van der Waals surface area contributed by atoms with Crippen LogP contribution in [0, 0.1) is 11.3 Å². The molecule has 2 heterocycles. The Labute approximate surface area is 107 Å². The van der Waals surface area contributed by atoms with Gasteiger partial charge in [0.15, 0.2) is 0 Å². The van der Waals surface area contributed by atoms with Crippen molar-refractivity contribution in [3.8, 4) is 0 Å². The van der Waals surface area contributed by atoms with Crippen LogP contribution in [0.2, 0.25) is 0 Å². The van der Waals surface area contributed by atoms with E-state index in [1.54, 1.807) is 0 Å². The Morgan fingerprint density at radius 3 is 2.59 bits per heavy atom. The summed E-state index contributed by atoms with van der Waals surface area (Å²) in [6, 6.07) is 1.60. The highest BCUT2D eigenvalue weighted by Gasteiger charge is 2.35. The fourth-order valence-electron chi connectivity index (χ4n) is 3.13. The Hall–Kier alpha value is -0.0800. The lowest BCUT2D eigenvalue weighted by Gasteiger charge is -2.44. The molecule has 0 spiro atoms. The Bertz CT molecular complexity index is 256. The molecule has 17 heavy (non-hydrogen) atoms. The van der Waals surface area contributed by atoms with Crippen LogP contribution >= 0.6 is 0 Å². The van der Waals surface area contributed by atoms with Crippen molar-refractivity contribution in [3.05, 3.63) is 0 Å². The van der Waals surface area contributed by atoms with Gasteiger partial charge in [-0.3, -0.25) is 9.80 Å². The first kappa shape index (κ1) is 13.4. The van der Waals surface area contributed by atoms with Crippen LogP contribution in [0.1, 0.15) is 47.5 Å². The maximum atomic E-state index is 2.74. The molecule has 0 N–H and O–H groups in total. The standard InChI is InChI=1S/C15H30N2/c1-12(15(3,4)5)9-17-11-14-7-6-8-16(14)10-13(17)2/h12-14H,6-11H2,1-5H3. The van der Waals surface area contributed by atoms with Crippen LogP contribution in [0.3, 0.4) is 0 Å². The van der Waals surface area contributed by atoms with E-state index >= 15 is 0 Å². The summed E-state index contributed by atoms with van der Waals surface area (Å²) in [5.41, 5.74) is 0.437. The Balaban J connectivity index is 1.92. The largest absolute Gasteiger partial charge is 0.298 e. The topological polar surface area (TPSA) is 6.48 Å². The van der Waals surface area contributed by atoms with E-state index in [2.05, 4.69) is 44.4 Å². The molecule has 0 radical (unpaired) electrons. The molecule has 0 aliphatic carbocycles. The number of rotatable bonds is 2. The van der Waals surface area contributed by atoms with Gasteiger partial charge in [-0.05, 0) is 37.6 Å². The van der Waals surface area contributed by atoms with Gasteiger partial charge in [0.1, 0.15) is 0 Å². The Kier molecular flexibility index (Phi) is 3.84. The van der Waals surface area contributed by atoms with E-state index in [-0.39, 0.29) is 0 Å². The van der Waals surface area contributed by atoms with Crippen LogP contribution in [0.25, 0.3) is 0 Å². The third-order valence-electron chi connectivity index (χ3n) is 5.05. The lowest BCUT2D eigenvalue weighted by atomic mass is 9.81. The van der Waals surface area contributed by atoms with Crippen molar-refractivity contribution in [2.24, 2.45) is 11.3 Å². The molecule has 2 aliphatic heterocycles. The predicted octanol–water partition coefficient (Wildman–Crippen LogP) is 2.84. The zero-order chi connectivity index (χ0) is 12.6. The summed E-state index contributed by atoms with van der Waals surface area (Å²) in [7, 11) is 0. The monoisotopic (exact) mass is 238 g/mol. The maximum absolute atomic E-state index is 2.74. The molecule has 100 valence electrons. The fourth-order valence-corrected chi connectivity index (χ4v) is 3.13. The van der Waals surface area contributed by atoms with Crippen molar-refractivity contribution < 1.29 is 0 Å². The van der Waals surface area contributed by atoms with E-state index in [9.17, 15) is 0 Å². The van der Waals surface area contributed by atoms with Crippen LogP contribution in [0.15, 0.2) is 0 Å². The van der Waals surface area contributed by atoms with E-state index in [4.69, 9.17) is 0 Å².